The van der Waals surface area contributed by atoms with Gasteiger partial charge in [-0.15, -0.1) is 0 Å². The van der Waals surface area contributed by atoms with Crippen LogP contribution in [0.2, 0.25) is 0 Å². The van der Waals surface area contributed by atoms with E-state index in [0.29, 0.717) is 25.7 Å². The lowest BCUT2D eigenvalue weighted by atomic mass is 9.99. The number of nitriles is 1. The number of likely N-dealkylation sites (tertiary alicyclic amines) is 1. The average molecular weight is 1300 g/mol. The van der Waals surface area contributed by atoms with Crippen molar-refractivity contribution in [3.63, 3.8) is 0 Å². The molecule has 0 aliphatic carbocycles. The first-order chi connectivity index (χ1) is 40.5. The van der Waals surface area contributed by atoms with Crippen molar-refractivity contribution in [2.45, 2.75) is 114 Å². The van der Waals surface area contributed by atoms with Crippen molar-refractivity contribution in [2.24, 2.45) is 5.92 Å². The maximum absolute atomic E-state index is 14.8. The molecule has 0 spiro atoms. The number of alkyl halides is 1. The second-order valence-corrected chi connectivity index (χ2v) is 23.8. The highest BCUT2D eigenvalue weighted by molar-refractivity contribution is 14.1. The summed E-state index contributed by atoms with van der Waals surface area (Å²) in [5.74, 6) is -6.68. The lowest BCUT2D eigenvalue weighted by molar-refractivity contribution is -0.140. The van der Waals surface area contributed by atoms with Crippen LogP contribution in [0.25, 0.3) is 0 Å². The topological polar surface area (TPSA) is 335 Å². The second-order valence-electron chi connectivity index (χ2n) is 22.6. The molecule has 3 fully saturated rings. The van der Waals surface area contributed by atoms with Crippen LogP contribution < -0.4 is 26.6 Å². The molecular formula is C58H80FIN12O13. The minimum absolute atomic E-state index is 0.00674. The third-order valence-electron chi connectivity index (χ3n) is 15.7. The SMILES string of the molecule is CC1(F)C[C@@H](C#N)N(C(=O)[C@@H]2C[C@@H](CC(=O)N3Cc4cccc(CCC(=O)NC(CCCCNC(=O)CN5CCN(CC(=O)O)CCN(CC(=O)O)CCN(CC(=O)O)CC5)C(=O)NCCNC(=O)CCCc5ccc(I)cc5)c4C3)C(=O)N2)C1. The van der Waals surface area contributed by atoms with E-state index in [1.54, 1.807) is 19.6 Å². The van der Waals surface area contributed by atoms with Crippen molar-refractivity contribution >= 4 is 81.8 Å². The molecule has 2 aromatic rings. The predicted molar refractivity (Wildman–Crippen MR) is 314 cm³/mol. The molecule has 85 heavy (non-hydrogen) atoms. The average Bonchev–Trinajstić information content (AvgIpc) is 3.35. The van der Waals surface area contributed by atoms with Crippen LogP contribution in [0.15, 0.2) is 42.5 Å². The largest absolute Gasteiger partial charge is 0.480 e. The number of carbonyl (C=O) groups excluding carboxylic acids is 7. The van der Waals surface area contributed by atoms with Crippen LogP contribution >= 0.6 is 22.6 Å². The third kappa shape index (κ3) is 22.5. The highest BCUT2D eigenvalue weighted by atomic mass is 127. The van der Waals surface area contributed by atoms with Gasteiger partial charge in [0.05, 0.1) is 38.8 Å². The zero-order chi connectivity index (χ0) is 61.6. The minimum Gasteiger partial charge on any atom is -0.480 e. The number of halogens is 2. The number of carboxylic acid groups (broad SMARTS) is 3. The number of fused-ring (bicyclic) bond motifs is 1. The maximum Gasteiger partial charge on any atom is 0.317 e. The van der Waals surface area contributed by atoms with Gasteiger partial charge in [-0.05, 0) is 109 Å². The summed E-state index contributed by atoms with van der Waals surface area (Å²) in [5, 5.41) is 52.2. The first-order valence-electron chi connectivity index (χ1n) is 29.0. The molecule has 4 aliphatic heterocycles. The van der Waals surface area contributed by atoms with Gasteiger partial charge in [-0.2, -0.15) is 5.26 Å². The molecule has 0 saturated carbocycles. The Kier molecular flexibility index (Phi) is 26.2. The van der Waals surface area contributed by atoms with Gasteiger partial charge in [0, 0.05) is 120 Å². The van der Waals surface area contributed by atoms with Gasteiger partial charge in [-0.1, -0.05) is 30.3 Å². The number of unbranched alkanes of at least 4 members (excludes halogenated alkanes) is 1. The van der Waals surface area contributed by atoms with Gasteiger partial charge >= 0.3 is 17.9 Å². The third-order valence-corrected chi connectivity index (χ3v) is 16.4. The van der Waals surface area contributed by atoms with E-state index in [4.69, 9.17) is 0 Å². The minimum atomic E-state index is -1.73. The summed E-state index contributed by atoms with van der Waals surface area (Å²) in [5.41, 5.74) is 1.96. The van der Waals surface area contributed by atoms with Gasteiger partial charge in [0.15, 0.2) is 0 Å². The molecule has 0 radical (unpaired) electrons. The fourth-order valence-corrected chi connectivity index (χ4v) is 11.5. The smallest absolute Gasteiger partial charge is 0.317 e. The molecule has 0 aromatic heterocycles. The maximum atomic E-state index is 14.8. The molecule has 4 heterocycles. The molecular weight excluding hydrogens is 1220 g/mol. The monoisotopic (exact) mass is 1300 g/mol. The Balaban J connectivity index is 1.00. The molecule has 7 amide bonds. The summed E-state index contributed by atoms with van der Waals surface area (Å²) >= 11 is 2.23. The van der Waals surface area contributed by atoms with Crippen molar-refractivity contribution in [1.82, 2.24) is 56.0 Å². The highest BCUT2D eigenvalue weighted by Crippen LogP contribution is 2.33. The van der Waals surface area contributed by atoms with Crippen LogP contribution in [0, 0.1) is 20.8 Å². The summed E-state index contributed by atoms with van der Waals surface area (Å²) in [6.07, 6.45) is 2.73. The number of carbonyl (C=O) groups is 10. The number of carboxylic acids is 3. The van der Waals surface area contributed by atoms with Crippen LogP contribution in [0.5, 0.6) is 0 Å². The van der Waals surface area contributed by atoms with Gasteiger partial charge in [0.25, 0.3) is 0 Å². The second kappa shape index (κ2) is 33.1. The van der Waals surface area contributed by atoms with Crippen LogP contribution in [0.1, 0.15) is 87.0 Å². The number of nitrogens with one attached hydrogen (secondary N) is 5. The van der Waals surface area contributed by atoms with E-state index in [0.717, 1.165) is 37.1 Å². The molecule has 4 aliphatic rings. The van der Waals surface area contributed by atoms with E-state index in [2.05, 4.69) is 49.2 Å². The number of hydrogen-bond donors (Lipinski definition) is 8. The number of benzene rings is 2. The van der Waals surface area contributed by atoms with E-state index in [1.165, 1.54) is 6.92 Å². The van der Waals surface area contributed by atoms with E-state index in [-0.39, 0.29) is 174 Å². The van der Waals surface area contributed by atoms with Gasteiger partial charge in [0.2, 0.25) is 41.4 Å². The number of nitrogens with zero attached hydrogens (tertiary/aromatic N) is 7. The van der Waals surface area contributed by atoms with Gasteiger partial charge in [-0.25, -0.2) is 4.39 Å². The van der Waals surface area contributed by atoms with Crippen molar-refractivity contribution < 1.29 is 67.7 Å². The van der Waals surface area contributed by atoms with Gasteiger partial charge in [0.1, 0.15) is 23.8 Å². The Morgan fingerprint density at radius 1 is 0.729 bits per heavy atom. The Labute approximate surface area is 507 Å². The van der Waals surface area contributed by atoms with Crippen LogP contribution in [-0.2, 0) is 73.9 Å². The summed E-state index contributed by atoms with van der Waals surface area (Å²) < 4.78 is 15.9. The summed E-state index contributed by atoms with van der Waals surface area (Å²) in [6, 6.07) is 12.7. The molecule has 8 N–H and O–H groups in total. The quantitative estimate of drug-likeness (QED) is 0.0420. The van der Waals surface area contributed by atoms with Crippen molar-refractivity contribution in [1.29, 1.82) is 5.26 Å². The highest BCUT2D eigenvalue weighted by Gasteiger charge is 2.48. The fourth-order valence-electron chi connectivity index (χ4n) is 11.1. The van der Waals surface area contributed by atoms with Crippen LogP contribution in [0.4, 0.5) is 4.39 Å². The molecule has 6 rings (SSSR count). The van der Waals surface area contributed by atoms with Crippen LogP contribution in [0.3, 0.4) is 0 Å². The van der Waals surface area contributed by atoms with E-state index in [1.807, 2.05) is 53.4 Å². The Morgan fingerprint density at radius 2 is 1.32 bits per heavy atom. The molecule has 5 atom stereocenters. The molecule has 27 heteroatoms. The van der Waals surface area contributed by atoms with E-state index >= 15 is 0 Å². The Hall–Kier alpha value is -6.87. The van der Waals surface area contributed by atoms with Crippen molar-refractivity contribution in [3.05, 3.63) is 68.3 Å². The lowest BCUT2D eigenvalue weighted by Gasteiger charge is -2.32. The Morgan fingerprint density at radius 3 is 1.92 bits per heavy atom. The van der Waals surface area contributed by atoms with E-state index < -0.39 is 71.2 Å². The normalized spacial score (nSPS) is 21.1. The molecule has 2 unspecified atom stereocenters. The summed E-state index contributed by atoms with van der Waals surface area (Å²) in [4.78, 5) is 138. The summed E-state index contributed by atoms with van der Waals surface area (Å²) in [6.45, 7) is 3.04. The zero-order valence-electron chi connectivity index (χ0n) is 48.2. The fraction of sp³-hybridized carbons (Fsp3) is 0.603. The van der Waals surface area contributed by atoms with Crippen molar-refractivity contribution in [3.8, 4) is 6.07 Å². The molecule has 2 aromatic carbocycles. The number of rotatable bonds is 28. The van der Waals surface area contributed by atoms with Gasteiger partial charge in [-0.3, -0.25) is 67.5 Å². The molecule has 464 valence electrons. The predicted octanol–water partition coefficient (Wildman–Crippen LogP) is 0.315. The van der Waals surface area contributed by atoms with Crippen LogP contribution in [-0.4, -0.2) is 232 Å². The molecule has 3 saturated heterocycles. The number of aryl methyl sites for hydroxylation is 2. The zero-order valence-corrected chi connectivity index (χ0v) is 50.3. The van der Waals surface area contributed by atoms with Crippen molar-refractivity contribution in [2.75, 3.05) is 105 Å². The first kappa shape index (κ1) is 67.3. The lowest BCUT2D eigenvalue weighted by Crippen LogP contribution is -2.49. The molecule has 25 nitrogen and oxygen atoms in total. The standard InChI is InChI=1S/C58H80FIN12O13/c1-58(59)30-44(31-61)72(38-58)57(85)47-28-42(55(83)66-47)29-51(76)71-32-41-8-5-7-40(45(41)33-71)13-16-49(74)65-46(56(84)64-19-18-63-48(73)10-4-6-39-11-14-43(60)15-12-39)9-2-3-17-62-50(75)34-67-20-22-68(35-52(77)78)24-26-70(37-54(81)82)27-25-69(23-21-67)36-53(79)80/h5,7-8,11-12,14-15,42,44,46-47H,2-4,6,9-10,13,16-30,32-38H2,1H3,(H,62,75)(H,63,73)(H,64,84)(H,65,74)(H,66,83)(H,77,78)(H,79,80)(H,81,82)/t42-,44-,46?,47-,58?/m0/s1. The first-order valence-corrected chi connectivity index (χ1v) is 30.1. The number of aliphatic carboxylic acids is 3. The van der Waals surface area contributed by atoms with Gasteiger partial charge < -0.3 is 51.7 Å². The molecule has 0 bridgehead atoms. The van der Waals surface area contributed by atoms with E-state index in [9.17, 15) is 72.9 Å². The number of amides is 7. The summed E-state index contributed by atoms with van der Waals surface area (Å²) in [7, 11) is 0. The Bertz CT molecular complexity index is 2720. The number of hydrogen-bond acceptors (Lipinski definition) is 15.